The molecule has 0 unspecified atom stereocenters. The van der Waals surface area contributed by atoms with E-state index < -0.39 is 0 Å². The molecule has 1 aliphatic rings. The van der Waals surface area contributed by atoms with Crippen LogP contribution in [0.3, 0.4) is 0 Å². The van der Waals surface area contributed by atoms with E-state index in [1.807, 2.05) is 0 Å². The fourth-order valence-electron chi connectivity index (χ4n) is 3.23. The van der Waals surface area contributed by atoms with Crippen LogP contribution in [-0.2, 0) is 13.0 Å². The Bertz CT molecular complexity index is 398. The molecule has 2 rings (SSSR count). The molecule has 3 nitrogen and oxygen atoms in total. The van der Waals surface area contributed by atoms with Crippen LogP contribution < -0.4 is 5.73 Å². The molecule has 1 aromatic heterocycles. The van der Waals surface area contributed by atoms with Crippen LogP contribution in [0.15, 0.2) is 0 Å². The number of anilines is 1. The highest BCUT2D eigenvalue weighted by Crippen LogP contribution is 2.34. The Morgan fingerprint density at radius 2 is 1.84 bits per heavy atom. The molecule has 1 saturated carbocycles. The smallest absolute Gasteiger partial charge is 0.127 e. The third kappa shape index (κ3) is 3.31. The topological polar surface area (TPSA) is 43.8 Å². The summed E-state index contributed by atoms with van der Waals surface area (Å²) in [4.78, 5) is 4.88. The molecule has 1 fully saturated rings. The van der Waals surface area contributed by atoms with E-state index in [2.05, 4.69) is 25.3 Å². The number of nitrogen functional groups attached to an aromatic ring is 1. The van der Waals surface area contributed by atoms with Crippen LogP contribution in [0, 0.1) is 5.92 Å². The summed E-state index contributed by atoms with van der Waals surface area (Å²) >= 11 is 0. The SMILES string of the molecule is CCc1nc(C2CCCCCC2)c(N)n1CC(C)C. The zero-order chi connectivity index (χ0) is 13.8. The van der Waals surface area contributed by atoms with Crippen LogP contribution >= 0.6 is 0 Å². The minimum absolute atomic E-state index is 0.598. The van der Waals surface area contributed by atoms with E-state index in [1.54, 1.807) is 0 Å². The van der Waals surface area contributed by atoms with Crippen LogP contribution in [-0.4, -0.2) is 9.55 Å². The fraction of sp³-hybridized carbons (Fsp3) is 0.812. The Hall–Kier alpha value is -0.990. The molecule has 2 N–H and O–H groups in total. The molecular formula is C16H29N3. The van der Waals surface area contributed by atoms with Crippen molar-refractivity contribution in [3.05, 3.63) is 11.5 Å². The summed E-state index contributed by atoms with van der Waals surface area (Å²) in [6.07, 6.45) is 8.94. The molecule has 0 saturated heterocycles. The highest BCUT2D eigenvalue weighted by Gasteiger charge is 2.23. The summed E-state index contributed by atoms with van der Waals surface area (Å²) in [5, 5.41) is 0. The lowest BCUT2D eigenvalue weighted by Crippen LogP contribution is -2.11. The Labute approximate surface area is 117 Å². The molecule has 0 atom stereocenters. The lowest BCUT2D eigenvalue weighted by Gasteiger charge is -2.14. The van der Waals surface area contributed by atoms with Gasteiger partial charge in [0.1, 0.15) is 11.6 Å². The molecule has 19 heavy (non-hydrogen) atoms. The molecule has 108 valence electrons. The van der Waals surface area contributed by atoms with Crippen molar-refractivity contribution in [1.82, 2.24) is 9.55 Å². The predicted octanol–water partition coefficient (Wildman–Crippen LogP) is 4.12. The molecule has 0 amide bonds. The standard InChI is InChI=1S/C16H29N3/c1-4-14-18-15(13-9-7-5-6-8-10-13)16(17)19(14)11-12(2)3/h12-13H,4-11,17H2,1-3H3. The maximum Gasteiger partial charge on any atom is 0.127 e. The van der Waals surface area contributed by atoms with Gasteiger partial charge in [0, 0.05) is 18.9 Å². The Balaban J connectivity index is 2.27. The number of aryl methyl sites for hydroxylation is 1. The van der Waals surface area contributed by atoms with E-state index in [0.717, 1.165) is 18.8 Å². The molecule has 0 radical (unpaired) electrons. The minimum Gasteiger partial charge on any atom is -0.384 e. The number of rotatable bonds is 4. The molecule has 1 aliphatic carbocycles. The summed E-state index contributed by atoms with van der Waals surface area (Å²) in [5.74, 6) is 3.33. The molecular weight excluding hydrogens is 234 g/mol. The monoisotopic (exact) mass is 263 g/mol. The zero-order valence-corrected chi connectivity index (χ0v) is 12.8. The average Bonchev–Trinajstić information content (AvgIpc) is 2.60. The van der Waals surface area contributed by atoms with Gasteiger partial charge < -0.3 is 10.3 Å². The summed E-state index contributed by atoms with van der Waals surface area (Å²) < 4.78 is 2.25. The van der Waals surface area contributed by atoms with Crippen molar-refractivity contribution in [3.63, 3.8) is 0 Å². The number of hydrogen-bond acceptors (Lipinski definition) is 2. The molecule has 0 spiro atoms. The molecule has 3 heteroatoms. The minimum atomic E-state index is 0.598. The lowest BCUT2D eigenvalue weighted by atomic mass is 9.96. The maximum atomic E-state index is 6.41. The first-order chi connectivity index (χ1) is 9.13. The van der Waals surface area contributed by atoms with Crippen LogP contribution in [0.4, 0.5) is 5.82 Å². The van der Waals surface area contributed by atoms with Crippen molar-refractivity contribution < 1.29 is 0 Å². The highest BCUT2D eigenvalue weighted by atomic mass is 15.1. The molecule has 1 aromatic rings. The van der Waals surface area contributed by atoms with Crippen molar-refractivity contribution in [2.24, 2.45) is 5.92 Å². The molecule has 0 aliphatic heterocycles. The van der Waals surface area contributed by atoms with E-state index in [0.29, 0.717) is 11.8 Å². The van der Waals surface area contributed by atoms with Gasteiger partial charge in [-0.1, -0.05) is 46.5 Å². The number of nitrogens with zero attached hydrogens (tertiary/aromatic N) is 2. The number of nitrogens with two attached hydrogens (primary N) is 1. The largest absolute Gasteiger partial charge is 0.384 e. The third-order valence-electron chi connectivity index (χ3n) is 4.22. The van der Waals surface area contributed by atoms with Gasteiger partial charge in [0.05, 0.1) is 5.69 Å². The first-order valence-corrected chi connectivity index (χ1v) is 7.98. The molecule has 0 aromatic carbocycles. The summed E-state index contributed by atoms with van der Waals surface area (Å²) in [6, 6.07) is 0. The predicted molar refractivity (Wildman–Crippen MR) is 81.3 cm³/mol. The lowest BCUT2D eigenvalue weighted by molar-refractivity contribution is 0.512. The van der Waals surface area contributed by atoms with Gasteiger partial charge in [-0.25, -0.2) is 4.98 Å². The van der Waals surface area contributed by atoms with Gasteiger partial charge in [-0.05, 0) is 18.8 Å². The van der Waals surface area contributed by atoms with Crippen molar-refractivity contribution in [2.75, 3.05) is 5.73 Å². The van der Waals surface area contributed by atoms with Gasteiger partial charge in [0.25, 0.3) is 0 Å². The number of imidazole rings is 1. The van der Waals surface area contributed by atoms with Gasteiger partial charge in [0.2, 0.25) is 0 Å². The van der Waals surface area contributed by atoms with E-state index in [-0.39, 0.29) is 0 Å². The van der Waals surface area contributed by atoms with Gasteiger partial charge in [-0.3, -0.25) is 0 Å². The Morgan fingerprint density at radius 1 is 1.21 bits per heavy atom. The summed E-state index contributed by atoms with van der Waals surface area (Å²) in [5.41, 5.74) is 7.60. The van der Waals surface area contributed by atoms with E-state index in [1.165, 1.54) is 50.0 Å². The quantitative estimate of drug-likeness (QED) is 0.830. The van der Waals surface area contributed by atoms with Crippen molar-refractivity contribution >= 4 is 5.82 Å². The van der Waals surface area contributed by atoms with E-state index in [4.69, 9.17) is 10.7 Å². The van der Waals surface area contributed by atoms with Crippen molar-refractivity contribution in [1.29, 1.82) is 0 Å². The van der Waals surface area contributed by atoms with Crippen molar-refractivity contribution in [3.8, 4) is 0 Å². The van der Waals surface area contributed by atoms with Crippen LogP contribution in [0.2, 0.25) is 0 Å². The Kier molecular flexibility index (Phi) is 4.89. The first kappa shape index (κ1) is 14.4. The Morgan fingerprint density at radius 3 is 2.37 bits per heavy atom. The van der Waals surface area contributed by atoms with E-state index >= 15 is 0 Å². The van der Waals surface area contributed by atoms with Gasteiger partial charge in [-0.15, -0.1) is 0 Å². The van der Waals surface area contributed by atoms with Crippen LogP contribution in [0.25, 0.3) is 0 Å². The van der Waals surface area contributed by atoms with Crippen LogP contribution in [0.5, 0.6) is 0 Å². The maximum absolute atomic E-state index is 6.41. The second-order valence-corrected chi connectivity index (χ2v) is 6.35. The molecule has 1 heterocycles. The van der Waals surface area contributed by atoms with Crippen molar-refractivity contribution in [2.45, 2.75) is 78.2 Å². The summed E-state index contributed by atoms with van der Waals surface area (Å²) in [7, 11) is 0. The van der Waals surface area contributed by atoms with Crippen LogP contribution in [0.1, 0.15) is 76.7 Å². The molecule has 0 bridgehead atoms. The van der Waals surface area contributed by atoms with Gasteiger partial charge in [-0.2, -0.15) is 0 Å². The number of hydrogen-bond donors (Lipinski definition) is 1. The average molecular weight is 263 g/mol. The number of aromatic nitrogens is 2. The summed E-state index contributed by atoms with van der Waals surface area (Å²) in [6.45, 7) is 7.65. The second kappa shape index (κ2) is 6.44. The first-order valence-electron chi connectivity index (χ1n) is 7.98. The van der Waals surface area contributed by atoms with Gasteiger partial charge >= 0.3 is 0 Å². The highest BCUT2D eigenvalue weighted by molar-refractivity contribution is 5.41. The van der Waals surface area contributed by atoms with Gasteiger partial charge in [0.15, 0.2) is 0 Å². The fourth-order valence-corrected chi connectivity index (χ4v) is 3.23. The normalized spacial score (nSPS) is 17.9. The second-order valence-electron chi connectivity index (χ2n) is 6.35. The third-order valence-corrected chi connectivity index (χ3v) is 4.22. The zero-order valence-electron chi connectivity index (χ0n) is 12.8. The van der Waals surface area contributed by atoms with E-state index in [9.17, 15) is 0 Å².